The first-order chi connectivity index (χ1) is 18.9. The van der Waals surface area contributed by atoms with Gasteiger partial charge in [0.25, 0.3) is 11.8 Å². The summed E-state index contributed by atoms with van der Waals surface area (Å²) < 4.78 is 18.7. The van der Waals surface area contributed by atoms with Gasteiger partial charge in [0.15, 0.2) is 0 Å². The number of rotatable bonds is 10. The number of halogens is 1. The molecule has 1 fully saturated rings. The number of nitrogens with one attached hydrogen (secondary N) is 1. The smallest absolute Gasteiger partial charge is 0.254 e. The van der Waals surface area contributed by atoms with E-state index in [0.717, 1.165) is 5.56 Å². The van der Waals surface area contributed by atoms with Crippen molar-refractivity contribution in [3.63, 3.8) is 0 Å². The van der Waals surface area contributed by atoms with Crippen LogP contribution in [-0.4, -0.2) is 72.9 Å². The molecule has 3 amide bonds. The minimum Gasteiger partial charge on any atom is -0.497 e. The maximum atomic E-state index is 13.8. The zero-order valence-electron chi connectivity index (χ0n) is 21.9. The van der Waals surface area contributed by atoms with Crippen molar-refractivity contribution in [3.05, 3.63) is 101 Å². The Morgan fingerprint density at radius 1 is 1.00 bits per heavy atom. The summed E-state index contributed by atoms with van der Waals surface area (Å²) in [6.07, 6.45) is 0.870. The van der Waals surface area contributed by atoms with Crippen molar-refractivity contribution in [2.75, 3.05) is 33.3 Å². The van der Waals surface area contributed by atoms with Gasteiger partial charge in [-0.2, -0.15) is 0 Å². The van der Waals surface area contributed by atoms with Gasteiger partial charge in [-0.05, 0) is 66.9 Å². The first-order valence-corrected chi connectivity index (χ1v) is 12.9. The number of carbonyl (C=O) groups excluding carboxylic acids is 3. The molecule has 1 saturated heterocycles. The number of methoxy groups -OCH3 is 1. The van der Waals surface area contributed by atoms with Gasteiger partial charge in [-0.15, -0.1) is 0 Å². The Hall–Kier alpha value is -4.24. The summed E-state index contributed by atoms with van der Waals surface area (Å²) in [6.45, 7) is 1.08. The van der Waals surface area contributed by atoms with Gasteiger partial charge in [0.05, 0.1) is 13.2 Å². The highest BCUT2D eigenvalue weighted by atomic mass is 19.1. The Morgan fingerprint density at radius 2 is 1.67 bits per heavy atom. The van der Waals surface area contributed by atoms with Crippen molar-refractivity contribution < 1.29 is 23.5 Å². The molecule has 1 aliphatic rings. The molecule has 3 aromatic rings. The lowest BCUT2D eigenvalue weighted by molar-refractivity contribution is -0.124. The number of hydrogen-bond donors (Lipinski definition) is 2. The molecule has 0 aromatic heterocycles. The van der Waals surface area contributed by atoms with Crippen LogP contribution in [0.4, 0.5) is 4.39 Å². The average Bonchev–Trinajstić information content (AvgIpc) is 3.42. The van der Waals surface area contributed by atoms with Crippen LogP contribution in [0.2, 0.25) is 0 Å². The summed E-state index contributed by atoms with van der Waals surface area (Å²) in [7, 11) is 1.56. The van der Waals surface area contributed by atoms with Gasteiger partial charge in [-0.25, -0.2) is 4.39 Å². The molecule has 0 bridgehead atoms. The third-order valence-electron chi connectivity index (χ3n) is 6.90. The van der Waals surface area contributed by atoms with Crippen LogP contribution in [0.5, 0.6) is 5.75 Å². The molecule has 2 unspecified atom stereocenters. The van der Waals surface area contributed by atoms with Crippen molar-refractivity contribution in [1.82, 2.24) is 15.1 Å². The summed E-state index contributed by atoms with van der Waals surface area (Å²) in [5.74, 6) is -0.754. The maximum Gasteiger partial charge on any atom is 0.254 e. The fourth-order valence-corrected chi connectivity index (χ4v) is 4.83. The van der Waals surface area contributed by atoms with Crippen molar-refractivity contribution in [1.29, 1.82) is 0 Å². The van der Waals surface area contributed by atoms with Crippen LogP contribution in [0.25, 0.3) is 0 Å². The predicted molar refractivity (Wildman–Crippen MR) is 146 cm³/mol. The van der Waals surface area contributed by atoms with Crippen molar-refractivity contribution >= 4 is 17.7 Å². The first kappa shape index (κ1) is 27.8. The number of benzene rings is 3. The van der Waals surface area contributed by atoms with Crippen LogP contribution < -0.4 is 15.8 Å². The molecule has 9 heteroatoms. The summed E-state index contributed by atoms with van der Waals surface area (Å²) in [5, 5.41) is 2.78. The number of nitrogens with two attached hydrogens (primary N) is 1. The lowest BCUT2D eigenvalue weighted by Crippen LogP contribution is -2.47. The molecule has 2 atom stereocenters. The highest BCUT2D eigenvalue weighted by molar-refractivity contribution is 5.99. The molecular formula is C30H33FN4O4. The van der Waals surface area contributed by atoms with Crippen molar-refractivity contribution in [2.24, 2.45) is 5.73 Å². The first-order valence-electron chi connectivity index (χ1n) is 12.9. The maximum absolute atomic E-state index is 13.8. The SMILES string of the molecule is COc1ccc(C(=O)N(CCc2ccccc2)C2CC(C(=O)NCCN)N(C(=O)c3ccc(F)cc3)C2)cc1. The third-order valence-corrected chi connectivity index (χ3v) is 6.90. The number of carbonyl (C=O) groups is 3. The highest BCUT2D eigenvalue weighted by Crippen LogP contribution is 2.27. The molecule has 0 spiro atoms. The van der Waals surface area contributed by atoms with E-state index in [0.29, 0.717) is 24.3 Å². The Bertz CT molecular complexity index is 1270. The zero-order chi connectivity index (χ0) is 27.8. The molecule has 1 aliphatic heterocycles. The van der Waals surface area contributed by atoms with E-state index >= 15 is 0 Å². The van der Waals surface area contributed by atoms with E-state index in [4.69, 9.17) is 10.5 Å². The monoisotopic (exact) mass is 532 g/mol. The normalized spacial score (nSPS) is 16.5. The number of ether oxygens (including phenoxy) is 1. The summed E-state index contributed by atoms with van der Waals surface area (Å²) in [5.41, 5.74) is 7.40. The van der Waals surface area contributed by atoms with Crippen LogP contribution in [0.15, 0.2) is 78.9 Å². The predicted octanol–water partition coefficient (Wildman–Crippen LogP) is 2.88. The van der Waals surface area contributed by atoms with Gasteiger partial charge in [0.1, 0.15) is 17.6 Å². The number of nitrogens with zero attached hydrogens (tertiary/aromatic N) is 2. The van der Waals surface area contributed by atoms with Crippen LogP contribution >= 0.6 is 0 Å². The van der Waals surface area contributed by atoms with Crippen LogP contribution in [0.1, 0.15) is 32.7 Å². The van der Waals surface area contributed by atoms with E-state index < -0.39 is 23.8 Å². The molecule has 8 nitrogen and oxygen atoms in total. The highest BCUT2D eigenvalue weighted by Gasteiger charge is 2.43. The van der Waals surface area contributed by atoms with Gasteiger partial charge in [-0.1, -0.05) is 30.3 Å². The van der Waals surface area contributed by atoms with Crippen molar-refractivity contribution in [2.45, 2.75) is 24.9 Å². The average molecular weight is 533 g/mol. The topological polar surface area (TPSA) is 105 Å². The van der Waals surface area contributed by atoms with E-state index in [2.05, 4.69) is 5.32 Å². The standard InChI is InChI=1S/C30H33FN4O4/c1-39-26-13-9-23(10-14-26)29(37)34(18-15-21-5-3-2-4-6-21)25-19-27(28(36)33-17-16-32)35(20-25)30(38)22-7-11-24(31)12-8-22/h2-14,25,27H,15-20,32H2,1H3,(H,33,36). The van der Waals surface area contributed by atoms with Crippen LogP contribution in [0.3, 0.4) is 0 Å². The fourth-order valence-electron chi connectivity index (χ4n) is 4.83. The minimum atomic E-state index is -0.804. The number of hydrogen-bond acceptors (Lipinski definition) is 5. The molecule has 204 valence electrons. The van der Waals surface area contributed by atoms with E-state index in [-0.39, 0.29) is 43.4 Å². The number of amides is 3. The Labute approximate surface area is 227 Å². The molecule has 1 heterocycles. The Morgan fingerprint density at radius 3 is 2.31 bits per heavy atom. The van der Waals surface area contributed by atoms with E-state index in [1.54, 1.807) is 36.3 Å². The minimum absolute atomic E-state index is 0.160. The van der Waals surface area contributed by atoms with Gasteiger partial charge in [-0.3, -0.25) is 14.4 Å². The second-order valence-electron chi connectivity index (χ2n) is 9.41. The molecule has 3 N–H and O–H groups in total. The molecule has 3 aromatic carbocycles. The van der Waals surface area contributed by atoms with Crippen LogP contribution in [0, 0.1) is 5.82 Å². The largest absolute Gasteiger partial charge is 0.497 e. The second kappa shape index (κ2) is 13.0. The summed E-state index contributed by atoms with van der Waals surface area (Å²) in [6, 6.07) is 20.7. The molecule has 4 rings (SSSR count). The molecule has 0 aliphatic carbocycles. The van der Waals surface area contributed by atoms with Gasteiger partial charge < -0.3 is 25.6 Å². The van der Waals surface area contributed by atoms with Gasteiger partial charge in [0.2, 0.25) is 5.91 Å². The van der Waals surface area contributed by atoms with E-state index in [1.807, 2.05) is 30.3 Å². The Kier molecular flexibility index (Phi) is 9.27. The van der Waals surface area contributed by atoms with Gasteiger partial charge >= 0.3 is 0 Å². The summed E-state index contributed by atoms with van der Waals surface area (Å²) >= 11 is 0. The molecule has 0 saturated carbocycles. The van der Waals surface area contributed by atoms with Gasteiger partial charge in [0, 0.05) is 37.3 Å². The number of likely N-dealkylation sites (tertiary alicyclic amines) is 1. The Balaban J connectivity index is 1.63. The lowest BCUT2D eigenvalue weighted by Gasteiger charge is -2.29. The molecule has 0 radical (unpaired) electrons. The third kappa shape index (κ3) is 6.80. The van der Waals surface area contributed by atoms with Crippen LogP contribution in [-0.2, 0) is 11.2 Å². The quantitative estimate of drug-likeness (QED) is 0.418. The van der Waals surface area contributed by atoms with Crippen molar-refractivity contribution in [3.8, 4) is 5.75 Å². The fraction of sp³-hybridized carbons (Fsp3) is 0.300. The van der Waals surface area contributed by atoms with E-state index in [1.165, 1.54) is 29.2 Å². The second-order valence-corrected chi connectivity index (χ2v) is 9.41. The lowest BCUT2D eigenvalue weighted by atomic mass is 10.1. The molecule has 39 heavy (non-hydrogen) atoms. The summed E-state index contributed by atoms with van der Waals surface area (Å²) in [4.78, 5) is 43.6. The zero-order valence-corrected chi connectivity index (χ0v) is 21.9. The molecular weight excluding hydrogens is 499 g/mol. The van der Waals surface area contributed by atoms with E-state index in [9.17, 15) is 18.8 Å².